The van der Waals surface area contributed by atoms with Crippen molar-refractivity contribution in [3.8, 4) is 0 Å². The molecule has 0 radical (unpaired) electrons. The highest BCUT2D eigenvalue weighted by Gasteiger charge is 1.98. The molecule has 0 aromatic heterocycles. The van der Waals surface area contributed by atoms with Gasteiger partial charge in [-0.3, -0.25) is 0 Å². The molecule has 0 unspecified atom stereocenters. The number of nitrogens with two attached hydrogens (primary N) is 1. The van der Waals surface area contributed by atoms with E-state index in [1.165, 1.54) is 10.5 Å². The van der Waals surface area contributed by atoms with Gasteiger partial charge in [0.1, 0.15) is 6.54 Å². The molecular formula is C12H20NOS+. The number of hydrogen-bond donors (Lipinski definition) is 2. The third-order valence-electron chi connectivity index (χ3n) is 2.12. The van der Waals surface area contributed by atoms with Crippen molar-refractivity contribution >= 4 is 11.8 Å². The fourth-order valence-electron chi connectivity index (χ4n) is 1.25. The summed E-state index contributed by atoms with van der Waals surface area (Å²) in [6, 6.07) is 8.60. The zero-order valence-corrected chi connectivity index (χ0v) is 10.3. The van der Waals surface area contributed by atoms with E-state index in [2.05, 4.69) is 36.5 Å². The summed E-state index contributed by atoms with van der Waals surface area (Å²) < 4.78 is 0. The molecule has 0 spiro atoms. The summed E-state index contributed by atoms with van der Waals surface area (Å²) in [5, 5.41) is 11.2. The molecule has 0 bridgehead atoms. The van der Waals surface area contributed by atoms with E-state index in [4.69, 9.17) is 5.11 Å². The highest BCUT2D eigenvalue weighted by Crippen LogP contribution is 2.16. The topological polar surface area (TPSA) is 36.8 Å². The largest absolute Gasteiger partial charge is 0.388 e. The van der Waals surface area contributed by atoms with E-state index in [-0.39, 0.29) is 6.10 Å². The lowest BCUT2D eigenvalue weighted by Gasteiger charge is -2.04. The minimum atomic E-state index is -0.200. The Morgan fingerprint density at radius 2 is 2.00 bits per heavy atom. The van der Waals surface area contributed by atoms with Crippen molar-refractivity contribution in [2.45, 2.75) is 24.8 Å². The smallest absolute Gasteiger partial charge is 0.102 e. The molecule has 3 heteroatoms. The van der Waals surface area contributed by atoms with Crippen molar-refractivity contribution in [1.29, 1.82) is 0 Å². The van der Waals surface area contributed by atoms with Gasteiger partial charge in [0.15, 0.2) is 0 Å². The maximum Gasteiger partial charge on any atom is 0.102 e. The average molecular weight is 226 g/mol. The number of aliphatic hydroxyl groups excluding tert-OH is 1. The van der Waals surface area contributed by atoms with Gasteiger partial charge >= 0.3 is 0 Å². The molecule has 84 valence electrons. The van der Waals surface area contributed by atoms with Crippen LogP contribution in [-0.4, -0.2) is 30.1 Å². The first-order valence-electron chi connectivity index (χ1n) is 5.37. The molecule has 0 saturated carbocycles. The molecule has 0 heterocycles. The molecule has 0 aliphatic carbocycles. The third-order valence-corrected chi connectivity index (χ3v) is 3.16. The molecule has 0 aliphatic heterocycles. The van der Waals surface area contributed by atoms with E-state index in [1.807, 2.05) is 18.7 Å². The van der Waals surface area contributed by atoms with E-state index in [0.717, 1.165) is 18.8 Å². The van der Waals surface area contributed by atoms with Crippen LogP contribution in [0, 0.1) is 6.92 Å². The maximum absolute atomic E-state index is 9.06. The fraction of sp³-hybridized carbons (Fsp3) is 0.500. The molecule has 0 amide bonds. The number of hydrogen-bond acceptors (Lipinski definition) is 2. The predicted octanol–water partition coefficient (Wildman–Crippen LogP) is 1.03. The van der Waals surface area contributed by atoms with Gasteiger partial charge in [0.05, 0.1) is 12.6 Å². The molecule has 1 rings (SSSR count). The molecular weight excluding hydrogens is 206 g/mol. The Balaban J connectivity index is 2.12. The Morgan fingerprint density at radius 3 is 2.60 bits per heavy atom. The van der Waals surface area contributed by atoms with Crippen molar-refractivity contribution in [2.24, 2.45) is 0 Å². The lowest BCUT2D eigenvalue weighted by molar-refractivity contribution is -0.656. The van der Waals surface area contributed by atoms with Gasteiger partial charge in [0, 0.05) is 10.6 Å². The second kappa shape index (κ2) is 6.88. The summed E-state index contributed by atoms with van der Waals surface area (Å²) in [5.74, 6) is 1.09. The number of quaternary nitrogens is 1. The van der Waals surface area contributed by atoms with Crippen LogP contribution in [0.4, 0.5) is 0 Å². The second-order valence-electron chi connectivity index (χ2n) is 3.82. The van der Waals surface area contributed by atoms with E-state index >= 15 is 0 Å². The minimum absolute atomic E-state index is 0.200. The standard InChI is InChI=1S/C12H19NOS/c1-10-3-5-12(6-4-10)15-8-7-13-9-11(2)14/h3-6,11,13-14H,7-9H2,1-2H3/p+1/t11-/m1/s1. The molecule has 0 aliphatic rings. The number of benzene rings is 1. The Morgan fingerprint density at radius 1 is 1.33 bits per heavy atom. The van der Waals surface area contributed by atoms with E-state index in [9.17, 15) is 0 Å². The SMILES string of the molecule is Cc1ccc(SCC[NH2+]C[C@@H](C)O)cc1. The summed E-state index contributed by atoms with van der Waals surface area (Å²) in [4.78, 5) is 1.33. The van der Waals surface area contributed by atoms with Crippen molar-refractivity contribution in [3.63, 3.8) is 0 Å². The molecule has 2 nitrogen and oxygen atoms in total. The normalized spacial score (nSPS) is 12.7. The molecule has 3 N–H and O–H groups in total. The Kier molecular flexibility index (Phi) is 5.76. The number of thioether (sulfide) groups is 1. The van der Waals surface area contributed by atoms with Crippen LogP contribution in [0.1, 0.15) is 12.5 Å². The molecule has 0 saturated heterocycles. The number of rotatable bonds is 6. The summed E-state index contributed by atoms with van der Waals surface area (Å²) in [6.07, 6.45) is -0.200. The van der Waals surface area contributed by atoms with Gasteiger partial charge in [-0.05, 0) is 26.0 Å². The first-order valence-corrected chi connectivity index (χ1v) is 6.36. The quantitative estimate of drug-likeness (QED) is 0.561. The van der Waals surface area contributed by atoms with Crippen molar-refractivity contribution in [3.05, 3.63) is 29.8 Å². The van der Waals surface area contributed by atoms with Crippen molar-refractivity contribution in [2.75, 3.05) is 18.8 Å². The van der Waals surface area contributed by atoms with Crippen LogP contribution >= 0.6 is 11.8 Å². The van der Waals surface area contributed by atoms with Crippen LogP contribution < -0.4 is 5.32 Å². The van der Waals surface area contributed by atoms with Crippen LogP contribution in [0.25, 0.3) is 0 Å². The van der Waals surface area contributed by atoms with Crippen LogP contribution in [0.15, 0.2) is 29.2 Å². The monoisotopic (exact) mass is 226 g/mol. The van der Waals surface area contributed by atoms with Gasteiger partial charge in [-0.15, -0.1) is 11.8 Å². The highest BCUT2D eigenvalue weighted by atomic mass is 32.2. The zero-order chi connectivity index (χ0) is 11.1. The molecule has 1 aromatic carbocycles. The lowest BCUT2D eigenvalue weighted by Crippen LogP contribution is -2.86. The number of aliphatic hydroxyl groups is 1. The number of aryl methyl sites for hydroxylation is 1. The summed E-state index contributed by atoms with van der Waals surface area (Å²) in [5.41, 5.74) is 1.31. The Bertz CT molecular complexity index is 271. The van der Waals surface area contributed by atoms with Gasteiger partial charge in [-0.25, -0.2) is 0 Å². The Hall–Kier alpha value is -0.510. The predicted molar refractivity (Wildman–Crippen MR) is 65.2 cm³/mol. The van der Waals surface area contributed by atoms with Gasteiger partial charge in [0.2, 0.25) is 0 Å². The summed E-state index contributed by atoms with van der Waals surface area (Å²) in [7, 11) is 0. The van der Waals surface area contributed by atoms with Gasteiger partial charge in [-0.1, -0.05) is 17.7 Å². The van der Waals surface area contributed by atoms with E-state index in [0.29, 0.717) is 0 Å². The molecule has 1 aromatic rings. The summed E-state index contributed by atoms with van der Waals surface area (Å²) in [6.45, 7) is 5.78. The minimum Gasteiger partial charge on any atom is -0.388 e. The second-order valence-corrected chi connectivity index (χ2v) is 4.99. The van der Waals surface area contributed by atoms with Gasteiger partial charge in [0.25, 0.3) is 0 Å². The fourth-order valence-corrected chi connectivity index (χ4v) is 2.10. The maximum atomic E-state index is 9.06. The lowest BCUT2D eigenvalue weighted by atomic mass is 10.2. The first kappa shape index (κ1) is 12.6. The highest BCUT2D eigenvalue weighted by molar-refractivity contribution is 7.99. The zero-order valence-electron chi connectivity index (χ0n) is 9.44. The summed E-state index contributed by atoms with van der Waals surface area (Å²) >= 11 is 1.87. The van der Waals surface area contributed by atoms with Crippen molar-refractivity contribution in [1.82, 2.24) is 0 Å². The third kappa shape index (κ3) is 5.82. The Labute approximate surface area is 96.1 Å². The van der Waals surface area contributed by atoms with Gasteiger partial charge < -0.3 is 10.4 Å². The van der Waals surface area contributed by atoms with E-state index < -0.39 is 0 Å². The van der Waals surface area contributed by atoms with Crippen molar-refractivity contribution < 1.29 is 10.4 Å². The molecule has 0 fully saturated rings. The van der Waals surface area contributed by atoms with Crippen LogP contribution in [0.2, 0.25) is 0 Å². The average Bonchev–Trinajstić information content (AvgIpc) is 2.20. The van der Waals surface area contributed by atoms with Crippen LogP contribution in [-0.2, 0) is 0 Å². The van der Waals surface area contributed by atoms with E-state index in [1.54, 1.807) is 0 Å². The van der Waals surface area contributed by atoms with Crippen LogP contribution in [0.5, 0.6) is 0 Å². The van der Waals surface area contributed by atoms with Gasteiger partial charge in [-0.2, -0.15) is 0 Å². The molecule has 1 atom stereocenters. The molecule has 15 heavy (non-hydrogen) atoms. The first-order chi connectivity index (χ1) is 7.18. The van der Waals surface area contributed by atoms with Crippen LogP contribution in [0.3, 0.4) is 0 Å².